The number of ether oxygens (including phenoxy) is 1. The molecule has 3 aliphatic carbocycles. The van der Waals surface area contributed by atoms with Crippen LogP contribution in [0.25, 0.3) is 0 Å². The fraction of sp³-hybridized carbons (Fsp3) is 0.885. The molecular formula is C26H42O4. The Kier molecular flexibility index (Phi) is 6.00. The maximum Gasteiger partial charge on any atom is 0.158 e. The molecule has 1 aliphatic heterocycles. The quantitative estimate of drug-likeness (QED) is 0.472. The summed E-state index contributed by atoms with van der Waals surface area (Å²) < 4.78 is 6.42. The van der Waals surface area contributed by atoms with Crippen molar-refractivity contribution in [3.63, 3.8) is 0 Å². The first-order valence-corrected chi connectivity index (χ1v) is 12.4. The molecule has 3 saturated carbocycles. The molecule has 1 saturated heterocycles. The molecule has 4 nitrogen and oxygen atoms in total. The van der Waals surface area contributed by atoms with Crippen molar-refractivity contribution >= 4 is 5.78 Å². The average Bonchev–Trinajstić information content (AvgIpc) is 3.17. The van der Waals surface area contributed by atoms with Crippen molar-refractivity contribution in [2.75, 3.05) is 0 Å². The van der Waals surface area contributed by atoms with E-state index in [4.69, 9.17) is 4.74 Å². The van der Waals surface area contributed by atoms with Crippen molar-refractivity contribution in [3.05, 3.63) is 11.6 Å². The van der Waals surface area contributed by atoms with Crippen LogP contribution in [0.2, 0.25) is 0 Å². The molecule has 0 bridgehead atoms. The first kappa shape index (κ1) is 22.5. The van der Waals surface area contributed by atoms with Gasteiger partial charge in [-0.15, -0.1) is 0 Å². The van der Waals surface area contributed by atoms with Crippen LogP contribution < -0.4 is 0 Å². The molecule has 0 aromatic heterocycles. The zero-order valence-electron chi connectivity index (χ0n) is 19.5. The van der Waals surface area contributed by atoms with Gasteiger partial charge in [-0.25, -0.2) is 0 Å². The number of ketones is 1. The van der Waals surface area contributed by atoms with Crippen LogP contribution in [-0.4, -0.2) is 39.4 Å². The second kappa shape index (κ2) is 8.01. The van der Waals surface area contributed by atoms with Gasteiger partial charge in [0, 0.05) is 12.8 Å². The van der Waals surface area contributed by atoms with Gasteiger partial charge in [0.25, 0.3) is 0 Å². The molecule has 7 atom stereocenters. The number of carbonyl (C=O) groups excluding carboxylic acids is 1. The highest BCUT2D eigenvalue weighted by Crippen LogP contribution is 2.67. The Hall–Kier alpha value is -0.710. The fourth-order valence-electron chi connectivity index (χ4n) is 7.47. The van der Waals surface area contributed by atoms with Crippen LogP contribution >= 0.6 is 0 Å². The second-order valence-electron chi connectivity index (χ2n) is 11.8. The van der Waals surface area contributed by atoms with Gasteiger partial charge in [-0.1, -0.05) is 26.7 Å². The summed E-state index contributed by atoms with van der Waals surface area (Å²) in [7, 11) is 0. The number of Topliss-reactive ketones (excluding diaryl/α,β-unsaturated/α-hetero) is 1. The standard InChI is InChI=1S/C26H42O4/c1-17(7-5-12-24(2,3)29)20-9-11-22-25(20,4)13-6-14-26(22)23(30-26)16-18-15-19(27)8-10-21(18)28/h16-17,19-20,22-23,27,29H,5-15H2,1-4H3/t17-,19+,20-,22-,23?,25-,26?/m1/s1. The smallest absolute Gasteiger partial charge is 0.158 e. The van der Waals surface area contributed by atoms with E-state index in [0.717, 1.165) is 30.8 Å². The van der Waals surface area contributed by atoms with Crippen molar-refractivity contribution < 1.29 is 19.7 Å². The van der Waals surface area contributed by atoms with Gasteiger partial charge in [-0.05, 0) is 93.6 Å². The van der Waals surface area contributed by atoms with Crippen molar-refractivity contribution in [2.45, 2.75) is 122 Å². The number of epoxide rings is 1. The lowest BCUT2D eigenvalue weighted by Gasteiger charge is -2.46. The number of hydrogen-bond donors (Lipinski definition) is 2. The average molecular weight is 419 g/mol. The number of fused-ring (bicyclic) bond motifs is 2. The van der Waals surface area contributed by atoms with E-state index in [1.165, 1.54) is 32.1 Å². The van der Waals surface area contributed by atoms with Crippen molar-refractivity contribution in [1.29, 1.82) is 0 Å². The third-order valence-electron chi connectivity index (χ3n) is 9.06. The molecule has 1 heterocycles. The highest BCUT2D eigenvalue weighted by molar-refractivity contribution is 5.96. The molecule has 170 valence electrons. The van der Waals surface area contributed by atoms with Crippen LogP contribution in [0.4, 0.5) is 0 Å². The van der Waals surface area contributed by atoms with Gasteiger partial charge in [-0.3, -0.25) is 4.79 Å². The molecule has 0 aromatic rings. The Morgan fingerprint density at radius 1 is 1.27 bits per heavy atom. The number of aliphatic hydroxyl groups excluding tert-OH is 1. The molecule has 4 heteroatoms. The van der Waals surface area contributed by atoms with E-state index in [9.17, 15) is 15.0 Å². The summed E-state index contributed by atoms with van der Waals surface area (Å²) in [5, 5.41) is 20.0. The minimum atomic E-state index is -0.566. The molecule has 30 heavy (non-hydrogen) atoms. The number of carbonyl (C=O) groups is 1. The van der Waals surface area contributed by atoms with E-state index in [2.05, 4.69) is 19.9 Å². The largest absolute Gasteiger partial charge is 0.393 e. The number of hydrogen-bond acceptors (Lipinski definition) is 4. The van der Waals surface area contributed by atoms with E-state index in [1.807, 2.05) is 13.8 Å². The molecule has 4 aliphatic rings. The molecule has 0 aromatic carbocycles. The molecule has 0 radical (unpaired) electrons. The minimum Gasteiger partial charge on any atom is -0.393 e. The van der Waals surface area contributed by atoms with Crippen LogP contribution in [0.1, 0.15) is 98.3 Å². The van der Waals surface area contributed by atoms with Gasteiger partial charge in [0.2, 0.25) is 0 Å². The van der Waals surface area contributed by atoms with Crippen LogP contribution in [0.15, 0.2) is 11.6 Å². The molecule has 1 spiro atoms. The first-order valence-electron chi connectivity index (χ1n) is 12.4. The Balaban J connectivity index is 1.44. The van der Waals surface area contributed by atoms with Gasteiger partial charge >= 0.3 is 0 Å². The van der Waals surface area contributed by atoms with Gasteiger partial charge in [0.15, 0.2) is 5.78 Å². The zero-order valence-corrected chi connectivity index (χ0v) is 19.5. The summed E-state index contributed by atoms with van der Waals surface area (Å²) in [5.41, 5.74) is 0.487. The van der Waals surface area contributed by atoms with E-state index in [1.54, 1.807) is 0 Å². The summed E-state index contributed by atoms with van der Waals surface area (Å²) in [6.07, 6.45) is 12.6. The second-order valence-corrected chi connectivity index (χ2v) is 11.8. The number of aliphatic hydroxyl groups is 2. The molecule has 4 fully saturated rings. The maximum atomic E-state index is 12.3. The lowest BCUT2D eigenvalue weighted by molar-refractivity contribution is -0.117. The van der Waals surface area contributed by atoms with E-state index in [0.29, 0.717) is 36.5 Å². The predicted molar refractivity (Wildman–Crippen MR) is 118 cm³/mol. The van der Waals surface area contributed by atoms with Crippen LogP contribution in [0.5, 0.6) is 0 Å². The van der Waals surface area contributed by atoms with Gasteiger partial charge in [-0.2, -0.15) is 0 Å². The summed E-state index contributed by atoms with van der Waals surface area (Å²) in [5.74, 6) is 2.17. The molecule has 4 rings (SSSR count). The SMILES string of the molecule is C[C@H](CCCC(C)(C)O)[C@H]1CC[C@H]2C3(CCC[C@]12C)OC3C=C1C[C@@H](O)CCC1=O. The van der Waals surface area contributed by atoms with Crippen LogP contribution in [-0.2, 0) is 9.53 Å². The lowest BCUT2D eigenvalue weighted by Crippen LogP contribution is -2.44. The van der Waals surface area contributed by atoms with Crippen LogP contribution in [0.3, 0.4) is 0 Å². The highest BCUT2D eigenvalue weighted by atomic mass is 16.6. The predicted octanol–water partition coefficient (Wildman–Crippen LogP) is 4.96. The summed E-state index contributed by atoms with van der Waals surface area (Å²) >= 11 is 0. The monoisotopic (exact) mass is 418 g/mol. The Labute approximate surface area is 182 Å². The lowest BCUT2D eigenvalue weighted by atomic mass is 9.58. The topological polar surface area (TPSA) is 70.1 Å². The highest BCUT2D eigenvalue weighted by Gasteiger charge is 2.68. The third kappa shape index (κ3) is 4.17. The zero-order chi connectivity index (χ0) is 21.7. The van der Waals surface area contributed by atoms with Gasteiger partial charge in [0.05, 0.1) is 11.7 Å². The molecule has 2 unspecified atom stereocenters. The Morgan fingerprint density at radius 3 is 2.77 bits per heavy atom. The van der Waals surface area contributed by atoms with E-state index >= 15 is 0 Å². The van der Waals surface area contributed by atoms with Crippen molar-refractivity contribution in [1.82, 2.24) is 0 Å². The summed E-state index contributed by atoms with van der Waals surface area (Å²) in [4.78, 5) is 12.3. The third-order valence-corrected chi connectivity index (χ3v) is 9.06. The Bertz CT molecular complexity index is 692. The van der Waals surface area contributed by atoms with Gasteiger partial charge < -0.3 is 14.9 Å². The molecular weight excluding hydrogens is 376 g/mol. The normalized spacial score (nSPS) is 43.8. The van der Waals surface area contributed by atoms with E-state index in [-0.39, 0.29) is 23.6 Å². The van der Waals surface area contributed by atoms with Crippen LogP contribution in [0, 0.1) is 23.2 Å². The summed E-state index contributed by atoms with van der Waals surface area (Å²) in [6.45, 7) is 8.73. The van der Waals surface area contributed by atoms with E-state index < -0.39 is 5.60 Å². The first-order chi connectivity index (χ1) is 14.1. The fourth-order valence-corrected chi connectivity index (χ4v) is 7.47. The van der Waals surface area contributed by atoms with Gasteiger partial charge in [0.1, 0.15) is 11.7 Å². The number of rotatable bonds is 6. The van der Waals surface area contributed by atoms with Crippen molar-refractivity contribution in [2.24, 2.45) is 23.2 Å². The van der Waals surface area contributed by atoms with Crippen molar-refractivity contribution in [3.8, 4) is 0 Å². The maximum absolute atomic E-state index is 12.3. The molecule has 2 N–H and O–H groups in total. The minimum absolute atomic E-state index is 0.0652. The Morgan fingerprint density at radius 2 is 2.03 bits per heavy atom. The molecule has 0 amide bonds. The summed E-state index contributed by atoms with van der Waals surface area (Å²) in [6, 6.07) is 0.